The predicted molar refractivity (Wildman–Crippen MR) is 107 cm³/mol. The maximum absolute atomic E-state index is 6.22. The summed E-state index contributed by atoms with van der Waals surface area (Å²) in [4.78, 5) is 11.9. The minimum Gasteiger partial charge on any atom is -0.383 e. The summed E-state index contributed by atoms with van der Waals surface area (Å²) in [5.41, 5.74) is 10.0. The molecule has 4 N–H and O–H groups in total. The summed E-state index contributed by atoms with van der Waals surface area (Å²) in [6.07, 6.45) is 7.04. The minimum atomic E-state index is 0.484. The number of H-pyrrole nitrogens is 1. The quantitative estimate of drug-likeness (QED) is 0.519. The SMILES string of the molecule is Nc1ncnc2c1c(-c1ccc3[nH]ccc3c1)nn2CCC1CCNCC1. The minimum absolute atomic E-state index is 0.484. The van der Waals surface area contributed by atoms with Gasteiger partial charge in [-0.3, -0.25) is 0 Å². The van der Waals surface area contributed by atoms with E-state index >= 15 is 0 Å². The first-order chi connectivity index (χ1) is 13.3. The van der Waals surface area contributed by atoms with Crippen LogP contribution in [-0.2, 0) is 6.54 Å². The summed E-state index contributed by atoms with van der Waals surface area (Å²) in [7, 11) is 0. The lowest BCUT2D eigenvalue weighted by molar-refractivity contribution is 0.334. The molecule has 4 aromatic rings. The second kappa shape index (κ2) is 6.66. The van der Waals surface area contributed by atoms with Crippen molar-refractivity contribution in [3.63, 3.8) is 0 Å². The van der Waals surface area contributed by atoms with Crippen molar-refractivity contribution in [1.82, 2.24) is 30.0 Å². The monoisotopic (exact) mass is 361 g/mol. The van der Waals surface area contributed by atoms with Crippen LogP contribution >= 0.6 is 0 Å². The Morgan fingerprint density at radius 3 is 2.93 bits per heavy atom. The fraction of sp³-hybridized carbons (Fsp3) is 0.350. The average Bonchev–Trinajstić information content (AvgIpc) is 3.32. The Morgan fingerprint density at radius 1 is 1.15 bits per heavy atom. The van der Waals surface area contributed by atoms with Crippen molar-refractivity contribution < 1.29 is 0 Å². The van der Waals surface area contributed by atoms with E-state index < -0.39 is 0 Å². The van der Waals surface area contributed by atoms with E-state index in [1.54, 1.807) is 0 Å². The van der Waals surface area contributed by atoms with E-state index in [-0.39, 0.29) is 0 Å². The molecule has 0 spiro atoms. The van der Waals surface area contributed by atoms with Crippen LogP contribution in [0.15, 0.2) is 36.8 Å². The zero-order chi connectivity index (χ0) is 18.2. The van der Waals surface area contributed by atoms with E-state index in [9.17, 15) is 0 Å². The highest BCUT2D eigenvalue weighted by Crippen LogP contribution is 2.32. The fourth-order valence-corrected chi connectivity index (χ4v) is 4.06. The molecular formula is C20H23N7. The number of aromatic amines is 1. The highest BCUT2D eigenvalue weighted by atomic mass is 15.3. The zero-order valence-corrected chi connectivity index (χ0v) is 15.2. The first-order valence-corrected chi connectivity index (χ1v) is 9.55. The molecule has 0 unspecified atom stereocenters. The number of hydrogen-bond acceptors (Lipinski definition) is 5. The van der Waals surface area contributed by atoms with Gasteiger partial charge in [0.2, 0.25) is 0 Å². The number of benzene rings is 1. The van der Waals surface area contributed by atoms with Crippen LogP contribution in [0.3, 0.4) is 0 Å². The number of aryl methyl sites for hydroxylation is 1. The molecule has 0 saturated carbocycles. The van der Waals surface area contributed by atoms with E-state index in [1.807, 2.05) is 10.9 Å². The number of piperidine rings is 1. The fourth-order valence-electron chi connectivity index (χ4n) is 4.06. The standard InChI is InChI=1S/C20H23N7/c21-19-17-18(15-1-2-16-14(11-15)5-9-23-16)26-27(20(17)25-12-24-19)10-6-13-3-7-22-8-4-13/h1-2,5,9,11-13,22-23H,3-4,6-8,10H2,(H2,21,24,25). The number of nitrogen functional groups attached to an aromatic ring is 1. The van der Waals surface area contributed by atoms with Crippen LogP contribution in [0.2, 0.25) is 0 Å². The highest BCUT2D eigenvalue weighted by Gasteiger charge is 2.19. The van der Waals surface area contributed by atoms with Crippen molar-refractivity contribution in [3.05, 3.63) is 36.8 Å². The molecule has 0 radical (unpaired) electrons. The third kappa shape index (κ3) is 2.94. The Bertz CT molecular complexity index is 1090. The van der Waals surface area contributed by atoms with Gasteiger partial charge < -0.3 is 16.0 Å². The van der Waals surface area contributed by atoms with E-state index in [0.29, 0.717) is 5.82 Å². The number of aromatic nitrogens is 5. The van der Waals surface area contributed by atoms with E-state index in [2.05, 4.69) is 44.5 Å². The first kappa shape index (κ1) is 16.3. The molecular weight excluding hydrogens is 338 g/mol. The number of anilines is 1. The average molecular weight is 361 g/mol. The van der Waals surface area contributed by atoms with Crippen molar-refractivity contribution in [3.8, 4) is 11.3 Å². The van der Waals surface area contributed by atoms with Crippen LogP contribution in [0.1, 0.15) is 19.3 Å². The molecule has 1 fully saturated rings. The van der Waals surface area contributed by atoms with Crippen molar-refractivity contribution in [2.75, 3.05) is 18.8 Å². The largest absolute Gasteiger partial charge is 0.383 e. The Labute approximate surface area is 157 Å². The summed E-state index contributed by atoms with van der Waals surface area (Å²) < 4.78 is 2.01. The Hall–Kier alpha value is -2.93. The van der Waals surface area contributed by atoms with Crippen LogP contribution in [0.25, 0.3) is 33.2 Å². The van der Waals surface area contributed by atoms with Gasteiger partial charge in [0.15, 0.2) is 5.65 Å². The van der Waals surface area contributed by atoms with E-state index in [0.717, 1.165) is 65.2 Å². The highest BCUT2D eigenvalue weighted by molar-refractivity contribution is 5.99. The van der Waals surface area contributed by atoms with Gasteiger partial charge >= 0.3 is 0 Å². The first-order valence-electron chi connectivity index (χ1n) is 9.55. The summed E-state index contributed by atoms with van der Waals surface area (Å²) in [5, 5.41) is 10.3. The molecule has 1 saturated heterocycles. The molecule has 0 bridgehead atoms. The molecule has 7 nitrogen and oxygen atoms in total. The lowest BCUT2D eigenvalue weighted by Crippen LogP contribution is -2.28. The van der Waals surface area contributed by atoms with Crippen molar-refractivity contribution in [1.29, 1.82) is 0 Å². The maximum atomic E-state index is 6.22. The third-order valence-corrected chi connectivity index (χ3v) is 5.59. The van der Waals surface area contributed by atoms with Gasteiger partial charge in [0.1, 0.15) is 17.8 Å². The molecule has 1 aliphatic heterocycles. The summed E-state index contributed by atoms with van der Waals surface area (Å²) in [5.74, 6) is 1.22. The van der Waals surface area contributed by atoms with Crippen molar-refractivity contribution in [2.45, 2.75) is 25.8 Å². The molecule has 3 aromatic heterocycles. The zero-order valence-electron chi connectivity index (χ0n) is 15.2. The number of rotatable bonds is 4. The lowest BCUT2D eigenvalue weighted by Gasteiger charge is -2.22. The molecule has 138 valence electrons. The number of fused-ring (bicyclic) bond motifs is 2. The van der Waals surface area contributed by atoms with Gasteiger partial charge in [0.25, 0.3) is 0 Å². The van der Waals surface area contributed by atoms with Crippen LogP contribution in [0.4, 0.5) is 5.82 Å². The molecule has 7 heteroatoms. The van der Waals surface area contributed by atoms with Gasteiger partial charge in [0, 0.05) is 29.2 Å². The third-order valence-electron chi connectivity index (χ3n) is 5.59. The normalized spacial score (nSPS) is 15.7. The lowest BCUT2D eigenvalue weighted by atomic mass is 9.95. The summed E-state index contributed by atoms with van der Waals surface area (Å²) in [6, 6.07) is 8.35. The number of nitrogens with two attached hydrogens (primary N) is 1. The van der Waals surface area contributed by atoms with Gasteiger partial charge in [0.05, 0.1) is 5.39 Å². The maximum Gasteiger partial charge on any atom is 0.163 e. The van der Waals surface area contributed by atoms with Gasteiger partial charge in [-0.1, -0.05) is 6.07 Å². The molecule has 27 heavy (non-hydrogen) atoms. The van der Waals surface area contributed by atoms with Crippen molar-refractivity contribution >= 4 is 27.8 Å². The topological polar surface area (TPSA) is 97.4 Å². The van der Waals surface area contributed by atoms with Crippen molar-refractivity contribution in [2.24, 2.45) is 5.92 Å². The van der Waals surface area contributed by atoms with Crippen LogP contribution < -0.4 is 11.1 Å². The van der Waals surface area contributed by atoms with Gasteiger partial charge in [-0.2, -0.15) is 5.10 Å². The number of hydrogen-bond donors (Lipinski definition) is 3. The summed E-state index contributed by atoms with van der Waals surface area (Å²) >= 11 is 0. The van der Waals surface area contributed by atoms with Crippen LogP contribution in [-0.4, -0.2) is 37.8 Å². The molecule has 0 atom stereocenters. The Morgan fingerprint density at radius 2 is 2.04 bits per heavy atom. The second-order valence-corrected chi connectivity index (χ2v) is 7.29. The molecule has 0 aliphatic carbocycles. The van der Waals surface area contributed by atoms with Gasteiger partial charge in [-0.25, -0.2) is 14.6 Å². The summed E-state index contributed by atoms with van der Waals surface area (Å²) in [6.45, 7) is 3.08. The van der Waals surface area contributed by atoms with Crippen LogP contribution in [0, 0.1) is 5.92 Å². The smallest absolute Gasteiger partial charge is 0.163 e. The number of nitrogens with one attached hydrogen (secondary N) is 2. The molecule has 1 aromatic carbocycles. The number of nitrogens with zero attached hydrogens (tertiary/aromatic N) is 4. The van der Waals surface area contributed by atoms with Gasteiger partial charge in [-0.15, -0.1) is 0 Å². The second-order valence-electron chi connectivity index (χ2n) is 7.29. The van der Waals surface area contributed by atoms with E-state index in [4.69, 9.17) is 10.8 Å². The molecule has 1 aliphatic rings. The molecule has 0 amide bonds. The molecule has 4 heterocycles. The molecule has 5 rings (SSSR count). The van der Waals surface area contributed by atoms with E-state index in [1.165, 1.54) is 19.2 Å². The van der Waals surface area contributed by atoms with Crippen LogP contribution in [0.5, 0.6) is 0 Å². The van der Waals surface area contributed by atoms with Gasteiger partial charge in [-0.05, 0) is 56.5 Å². The predicted octanol–water partition coefficient (Wildman–Crippen LogP) is 2.95. The Balaban J connectivity index is 1.55. The Kier molecular flexibility index (Phi) is 4.01.